The van der Waals surface area contributed by atoms with Crippen LogP contribution in [0.2, 0.25) is 0 Å². The molecule has 40 heavy (non-hydrogen) atoms. The lowest BCUT2D eigenvalue weighted by Crippen LogP contribution is -2.23. The molecular weight excluding hydrogens is 504 g/mol. The summed E-state index contributed by atoms with van der Waals surface area (Å²) in [5, 5.41) is 9.34. The Bertz CT molecular complexity index is 847. The van der Waals surface area contributed by atoms with Crippen molar-refractivity contribution >= 4 is 24.3 Å². The van der Waals surface area contributed by atoms with E-state index in [1.54, 1.807) is 31.4 Å². The van der Waals surface area contributed by atoms with Crippen LogP contribution in [0.5, 0.6) is 5.75 Å². The Morgan fingerprint density at radius 1 is 1.10 bits per heavy atom. The molecule has 0 spiro atoms. The van der Waals surface area contributed by atoms with Gasteiger partial charge in [0.1, 0.15) is 12.3 Å². The lowest BCUT2D eigenvalue weighted by atomic mass is 10.0. The first-order chi connectivity index (χ1) is 19.1. The van der Waals surface area contributed by atoms with Crippen molar-refractivity contribution in [2.75, 3.05) is 34.4 Å². The van der Waals surface area contributed by atoms with Crippen LogP contribution < -0.4 is 10.2 Å². The highest BCUT2D eigenvalue weighted by Crippen LogP contribution is 2.13. The molecule has 228 valence electrons. The number of ketones is 1. The zero-order valence-electron chi connectivity index (χ0n) is 26.9. The summed E-state index contributed by atoms with van der Waals surface area (Å²) < 4.78 is 10.4. The van der Waals surface area contributed by atoms with Crippen molar-refractivity contribution in [3.8, 4) is 5.75 Å². The fourth-order valence-corrected chi connectivity index (χ4v) is 2.15. The van der Waals surface area contributed by atoms with E-state index in [4.69, 9.17) is 9.47 Å². The number of hydrogen-bond donors (Lipinski definition) is 1. The van der Waals surface area contributed by atoms with Gasteiger partial charge < -0.3 is 19.9 Å². The molecule has 0 atom stereocenters. The van der Waals surface area contributed by atoms with Crippen molar-refractivity contribution in [1.29, 1.82) is 0 Å². The molecule has 0 aliphatic heterocycles. The van der Waals surface area contributed by atoms with E-state index in [-0.39, 0.29) is 11.8 Å². The topological polar surface area (TPSA) is 101 Å². The largest absolute Gasteiger partial charge is 0.488 e. The van der Waals surface area contributed by atoms with Gasteiger partial charge in [-0.3, -0.25) is 4.79 Å². The van der Waals surface area contributed by atoms with Crippen molar-refractivity contribution in [2.24, 2.45) is 10.2 Å². The second kappa shape index (κ2) is 31.6. The average molecular weight is 561 g/mol. The minimum atomic E-state index is -0.143. The molecule has 0 saturated carbocycles. The van der Waals surface area contributed by atoms with Crippen molar-refractivity contribution in [2.45, 2.75) is 73.8 Å². The number of nitrogens with zero attached hydrogens (tertiary/aromatic N) is 5. The van der Waals surface area contributed by atoms with Gasteiger partial charge in [-0.25, -0.2) is 9.97 Å². The van der Waals surface area contributed by atoms with Crippen molar-refractivity contribution in [3.63, 3.8) is 0 Å². The van der Waals surface area contributed by atoms with Crippen LogP contribution in [0.3, 0.4) is 0 Å². The van der Waals surface area contributed by atoms with Crippen LogP contribution in [0, 0.1) is 0 Å². The lowest BCUT2D eigenvalue weighted by molar-refractivity contribution is -0.109. The lowest BCUT2D eigenvalue weighted by Gasteiger charge is -2.10. The van der Waals surface area contributed by atoms with Crippen LogP contribution in [0.15, 0.2) is 66.1 Å². The number of allylic oxidation sites excluding steroid dienone is 3. The first-order valence-corrected chi connectivity index (χ1v) is 13.5. The molecule has 0 amide bonds. The van der Waals surface area contributed by atoms with Crippen LogP contribution in [-0.2, 0) is 9.53 Å². The fourth-order valence-electron chi connectivity index (χ4n) is 2.15. The molecular formula is C31H56N6O3. The molecule has 0 saturated heterocycles. The Morgan fingerprint density at radius 3 is 2.05 bits per heavy atom. The quantitative estimate of drug-likeness (QED) is 0.0831. The van der Waals surface area contributed by atoms with Crippen molar-refractivity contribution in [3.05, 3.63) is 61.8 Å². The molecule has 1 heterocycles. The summed E-state index contributed by atoms with van der Waals surface area (Å²) >= 11 is 0. The SMILES string of the molecule is C=C.C=C(CC/C=C/c1ncc(OCCOC)cn1)C/C(=N/NC(C)C)C(=O)C(=C)C.C=NN(C)C.CC.CC. The number of Topliss-reactive ketones (excluding diaryl/α,β-unsaturated/α-hetero) is 1. The van der Waals surface area contributed by atoms with E-state index in [0.29, 0.717) is 42.5 Å². The van der Waals surface area contributed by atoms with E-state index in [1.165, 1.54) is 0 Å². The maximum atomic E-state index is 12.3. The fraction of sp³-hybridized carbons (Fsp3) is 0.516. The third-order valence-corrected chi connectivity index (χ3v) is 3.94. The summed E-state index contributed by atoms with van der Waals surface area (Å²) in [4.78, 5) is 20.7. The van der Waals surface area contributed by atoms with E-state index >= 15 is 0 Å². The van der Waals surface area contributed by atoms with Crippen molar-refractivity contribution in [1.82, 2.24) is 20.4 Å². The monoisotopic (exact) mass is 560 g/mol. The second-order valence-corrected chi connectivity index (χ2v) is 7.93. The van der Waals surface area contributed by atoms with Gasteiger partial charge in [0.2, 0.25) is 5.78 Å². The van der Waals surface area contributed by atoms with Crippen molar-refractivity contribution < 1.29 is 14.3 Å². The molecule has 0 unspecified atom stereocenters. The number of nitrogens with one attached hydrogen (secondary N) is 1. The number of carbonyl (C=O) groups excluding carboxylic acids is 1. The summed E-state index contributed by atoms with van der Waals surface area (Å²) in [7, 11) is 5.27. The van der Waals surface area contributed by atoms with Crippen LogP contribution in [0.4, 0.5) is 0 Å². The highest BCUT2D eigenvalue weighted by molar-refractivity contribution is 6.45. The normalized spacial score (nSPS) is 9.72. The molecule has 1 N–H and O–H groups in total. The maximum Gasteiger partial charge on any atom is 0.204 e. The molecule has 0 fully saturated rings. The van der Waals surface area contributed by atoms with Gasteiger partial charge in [0.15, 0.2) is 11.6 Å². The number of rotatable bonds is 15. The number of aromatic nitrogens is 2. The minimum Gasteiger partial charge on any atom is -0.488 e. The number of hydrazone groups is 2. The van der Waals surface area contributed by atoms with Gasteiger partial charge >= 0.3 is 0 Å². The molecule has 1 aromatic rings. The summed E-state index contributed by atoms with van der Waals surface area (Å²) in [5.41, 5.74) is 4.76. The molecule has 9 heteroatoms. The number of carbonyl (C=O) groups is 1. The zero-order chi connectivity index (χ0) is 31.9. The van der Waals surface area contributed by atoms with E-state index in [9.17, 15) is 4.79 Å². The van der Waals surface area contributed by atoms with E-state index in [2.05, 4.69) is 58.6 Å². The standard InChI is InChI=1S/C22H32N4O3.C3H8N2.2C2H6.C2H4/c1-16(2)22(27)20(26-25-17(3)4)13-18(5)9-7-8-10-21-23-14-19(15-24-21)29-12-11-28-6;1-4-5(2)3;3*1-2/h8,10,14-15,17,25H,1,5,7,9,11-13H2,2-4,6H3;1H2,2-3H3;2*1-2H3;1-2H2/b10-8+,26-20-;;;;. The van der Waals surface area contributed by atoms with Crippen LogP contribution in [-0.4, -0.2) is 73.7 Å². The van der Waals surface area contributed by atoms with Crippen LogP contribution in [0.25, 0.3) is 6.08 Å². The van der Waals surface area contributed by atoms with Gasteiger partial charge in [-0.1, -0.05) is 52.5 Å². The first kappa shape index (κ1) is 43.5. The third kappa shape index (κ3) is 27.4. The highest BCUT2D eigenvalue weighted by atomic mass is 16.5. The molecule has 0 radical (unpaired) electrons. The molecule has 0 bridgehead atoms. The van der Waals surface area contributed by atoms with Gasteiger partial charge in [0, 0.05) is 40.4 Å². The van der Waals surface area contributed by atoms with Gasteiger partial charge in [-0.2, -0.15) is 10.2 Å². The molecule has 0 aliphatic rings. The molecule has 1 rings (SSSR count). The van der Waals surface area contributed by atoms with E-state index < -0.39 is 0 Å². The zero-order valence-corrected chi connectivity index (χ0v) is 26.9. The van der Waals surface area contributed by atoms with E-state index in [0.717, 1.165) is 18.4 Å². The predicted molar refractivity (Wildman–Crippen MR) is 174 cm³/mol. The highest BCUT2D eigenvalue weighted by Gasteiger charge is 2.14. The number of hydrogen-bond acceptors (Lipinski definition) is 9. The van der Waals surface area contributed by atoms with E-state index in [1.807, 2.05) is 67.8 Å². The minimum absolute atomic E-state index is 0.143. The van der Waals surface area contributed by atoms with Gasteiger partial charge in [-0.05, 0) is 45.3 Å². The Kier molecular flexibility index (Phi) is 34.4. The summed E-state index contributed by atoms with van der Waals surface area (Å²) in [6.07, 6.45) is 9.02. The Hall–Kier alpha value is -3.59. The van der Waals surface area contributed by atoms with Gasteiger partial charge in [0.25, 0.3) is 0 Å². The summed E-state index contributed by atoms with van der Waals surface area (Å²) in [6.45, 7) is 31.6. The Balaban J connectivity index is -0.000000509. The second-order valence-electron chi connectivity index (χ2n) is 7.93. The summed E-state index contributed by atoms with van der Waals surface area (Å²) in [5.74, 6) is 1.07. The molecule has 0 aromatic carbocycles. The van der Waals surface area contributed by atoms with Gasteiger partial charge in [0.05, 0.1) is 19.0 Å². The predicted octanol–water partition coefficient (Wildman–Crippen LogP) is 6.76. The number of ether oxygens (including phenoxy) is 2. The average Bonchev–Trinajstić information content (AvgIpc) is 2.97. The molecule has 9 nitrogen and oxygen atoms in total. The third-order valence-electron chi connectivity index (χ3n) is 3.94. The number of methoxy groups -OCH3 is 1. The van der Waals surface area contributed by atoms with Gasteiger partial charge in [-0.15, -0.1) is 13.2 Å². The van der Waals surface area contributed by atoms with Crippen LogP contribution in [0.1, 0.15) is 73.6 Å². The maximum absolute atomic E-state index is 12.3. The Morgan fingerprint density at radius 2 is 1.62 bits per heavy atom. The smallest absolute Gasteiger partial charge is 0.204 e. The Labute approximate surface area is 244 Å². The molecule has 0 aliphatic carbocycles. The molecule has 1 aromatic heterocycles. The summed E-state index contributed by atoms with van der Waals surface area (Å²) in [6, 6.07) is 0.149. The van der Waals surface area contributed by atoms with Crippen LogP contribution >= 0.6 is 0 Å². The first-order valence-electron chi connectivity index (χ1n) is 13.5.